The lowest BCUT2D eigenvalue weighted by atomic mass is 9.97. The van der Waals surface area contributed by atoms with Crippen LogP contribution in [0.3, 0.4) is 0 Å². The van der Waals surface area contributed by atoms with E-state index in [1.807, 2.05) is 24.3 Å². The van der Waals surface area contributed by atoms with E-state index in [-0.39, 0.29) is 6.10 Å². The van der Waals surface area contributed by atoms with Crippen LogP contribution in [-0.2, 0) is 19.3 Å². The van der Waals surface area contributed by atoms with Gasteiger partial charge >= 0.3 is 5.97 Å². The summed E-state index contributed by atoms with van der Waals surface area (Å²) in [4.78, 5) is 15.2. The van der Waals surface area contributed by atoms with Gasteiger partial charge in [-0.3, -0.25) is 4.98 Å². The Hall–Kier alpha value is -3.22. The second-order valence-electron chi connectivity index (χ2n) is 8.19. The summed E-state index contributed by atoms with van der Waals surface area (Å²) in [6.07, 6.45) is 6.40. The molecular formula is C26H28N2O4. The quantitative estimate of drug-likeness (QED) is 0.479. The van der Waals surface area contributed by atoms with Crippen LogP contribution in [0, 0.1) is 0 Å². The molecule has 0 amide bonds. The van der Waals surface area contributed by atoms with Gasteiger partial charge in [0.15, 0.2) is 0 Å². The number of carboxylic acids is 1. The normalized spacial score (nSPS) is 16.1. The minimum Gasteiger partial charge on any atom is -0.489 e. The molecule has 32 heavy (non-hydrogen) atoms. The highest BCUT2D eigenvalue weighted by Gasteiger charge is 2.20. The summed E-state index contributed by atoms with van der Waals surface area (Å²) in [5.41, 5.74) is 4.60. The number of hydrogen-bond donors (Lipinski definition) is 3. The van der Waals surface area contributed by atoms with E-state index in [1.54, 1.807) is 30.6 Å². The van der Waals surface area contributed by atoms with Crippen molar-refractivity contribution in [2.75, 3.05) is 13.1 Å². The van der Waals surface area contributed by atoms with Gasteiger partial charge in [-0.2, -0.15) is 0 Å². The number of aryl methyl sites for hydroxylation is 3. The molecule has 6 heteroatoms. The highest BCUT2D eigenvalue weighted by Crippen LogP contribution is 2.29. The van der Waals surface area contributed by atoms with E-state index in [1.165, 1.54) is 11.1 Å². The fraction of sp³-hybridized carbons (Fsp3) is 0.308. The maximum atomic E-state index is 11.1. The van der Waals surface area contributed by atoms with Crippen molar-refractivity contribution < 1.29 is 19.7 Å². The maximum Gasteiger partial charge on any atom is 0.335 e. The number of benzene rings is 2. The number of nitrogens with one attached hydrogen (secondary N) is 1. The number of hydrogen-bond acceptors (Lipinski definition) is 5. The number of nitrogens with zero attached hydrogens (tertiary/aromatic N) is 1. The lowest BCUT2D eigenvalue weighted by molar-refractivity contribution is 0.0696. The standard InChI is InChI=1S/C26H28N2O4/c29-24(22-5-2-12-27-15-22)17-28-16-23-10-9-20-13-19(8-11-25(20)32-23)7-6-18-3-1-4-21(14-18)26(30)31/h1-5,8,11-15,23-24,28-29H,6-7,9-10,16-17H2,(H,30,31)/t23-,24-/m1/s1. The topological polar surface area (TPSA) is 91.7 Å². The molecule has 1 aromatic heterocycles. The zero-order valence-electron chi connectivity index (χ0n) is 17.9. The van der Waals surface area contributed by atoms with E-state index in [0.29, 0.717) is 18.7 Å². The molecule has 0 radical (unpaired) electrons. The lowest BCUT2D eigenvalue weighted by Crippen LogP contribution is -2.36. The molecule has 166 valence electrons. The fourth-order valence-corrected chi connectivity index (χ4v) is 4.02. The van der Waals surface area contributed by atoms with Gasteiger partial charge in [0.2, 0.25) is 0 Å². The first-order valence-corrected chi connectivity index (χ1v) is 11.0. The van der Waals surface area contributed by atoms with Gasteiger partial charge in [-0.25, -0.2) is 4.79 Å². The van der Waals surface area contributed by atoms with E-state index < -0.39 is 12.1 Å². The Morgan fingerprint density at radius 2 is 1.97 bits per heavy atom. The van der Waals surface area contributed by atoms with E-state index in [0.717, 1.165) is 42.6 Å². The summed E-state index contributed by atoms with van der Waals surface area (Å²) in [7, 11) is 0. The third-order valence-corrected chi connectivity index (χ3v) is 5.81. The molecule has 0 saturated heterocycles. The summed E-state index contributed by atoms with van der Waals surface area (Å²) in [5, 5.41) is 22.7. The van der Waals surface area contributed by atoms with Crippen molar-refractivity contribution in [2.45, 2.75) is 37.9 Å². The molecule has 1 aliphatic heterocycles. The molecule has 2 atom stereocenters. The zero-order valence-corrected chi connectivity index (χ0v) is 17.9. The maximum absolute atomic E-state index is 11.1. The van der Waals surface area contributed by atoms with E-state index in [4.69, 9.17) is 9.84 Å². The highest BCUT2D eigenvalue weighted by atomic mass is 16.5. The molecular weight excluding hydrogens is 404 g/mol. The summed E-state index contributed by atoms with van der Waals surface area (Å²) in [6.45, 7) is 1.14. The third kappa shape index (κ3) is 5.72. The van der Waals surface area contributed by atoms with Crippen molar-refractivity contribution in [1.82, 2.24) is 10.3 Å². The number of carboxylic acid groups (broad SMARTS) is 1. The second-order valence-corrected chi connectivity index (χ2v) is 8.19. The number of carbonyl (C=O) groups is 1. The number of aliphatic hydroxyl groups is 1. The molecule has 0 saturated carbocycles. The Kier molecular flexibility index (Phi) is 7.14. The number of fused-ring (bicyclic) bond motifs is 1. The second kappa shape index (κ2) is 10.4. The smallest absolute Gasteiger partial charge is 0.335 e. The summed E-state index contributed by atoms with van der Waals surface area (Å²) in [6, 6.07) is 17.1. The first-order chi connectivity index (χ1) is 15.6. The Morgan fingerprint density at radius 3 is 2.75 bits per heavy atom. The minimum atomic E-state index is -0.895. The van der Waals surface area contributed by atoms with Crippen LogP contribution in [0.15, 0.2) is 67.0 Å². The van der Waals surface area contributed by atoms with Gasteiger partial charge < -0.3 is 20.3 Å². The number of pyridine rings is 1. The monoisotopic (exact) mass is 432 g/mol. The largest absolute Gasteiger partial charge is 0.489 e. The van der Waals surface area contributed by atoms with E-state index in [2.05, 4.69) is 22.4 Å². The Morgan fingerprint density at radius 1 is 1.12 bits per heavy atom. The van der Waals surface area contributed by atoms with Crippen LogP contribution in [0.2, 0.25) is 0 Å². The van der Waals surface area contributed by atoms with Crippen LogP contribution in [0.5, 0.6) is 5.75 Å². The van der Waals surface area contributed by atoms with Gasteiger partial charge in [-0.1, -0.05) is 30.3 Å². The molecule has 3 N–H and O–H groups in total. The van der Waals surface area contributed by atoms with Gasteiger partial charge in [0, 0.05) is 31.0 Å². The molecule has 0 spiro atoms. The molecule has 0 unspecified atom stereocenters. The van der Waals surface area contributed by atoms with Crippen LogP contribution in [0.1, 0.15) is 45.1 Å². The number of ether oxygens (including phenoxy) is 1. The average molecular weight is 433 g/mol. The number of rotatable bonds is 9. The predicted octanol–water partition coefficient (Wildman–Crippen LogP) is 3.58. The number of aliphatic hydroxyl groups excluding tert-OH is 1. The first-order valence-electron chi connectivity index (χ1n) is 11.0. The number of aromatic carboxylic acids is 1. The Labute approximate surface area is 187 Å². The van der Waals surface area contributed by atoms with Gasteiger partial charge in [-0.15, -0.1) is 0 Å². The average Bonchev–Trinajstić information content (AvgIpc) is 2.83. The SMILES string of the molecule is O=C(O)c1cccc(CCc2ccc3c(c2)CC[C@H](CNC[C@@H](O)c2cccnc2)O3)c1. The van der Waals surface area contributed by atoms with Crippen LogP contribution in [-0.4, -0.2) is 40.4 Å². The van der Waals surface area contributed by atoms with Gasteiger partial charge in [0.05, 0.1) is 11.7 Å². The van der Waals surface area contributed by atoms with Gasteiger partial charge in [0.25, 0.3) is 0 Å². The van der Waals surface area contributed by atoms with E-state index in [9.17, 15) is 9.90 Å². The molecule has 6 nitrogen and oxygen atoms in total. The van der Waals surface area contributed by atoms with Gasteiger partial charge in [0.1, 0.15) is 11.9 Å². The molecule has 0 aliphatic carbocycles. The van der Waals surface area contributed by atoms with Crippen molar-refractivity contribution in [1.29, 1.82) is 0 Å². The highest BCUT2D eigenvalue weighted by molar-refractivity contribution is 5.87. The first kappa shape index (κ1) is 22.0. The number of aromatic nitrogens is 1. The van der Waals surface area contributed by atoms with Crippen LogP contribution in [0.25, 0.3) is 0 Å². The minimum absolute atomic E-state index is 0.0770. The van der Waals surface area contributed by atoms with Crippen molar-refractivity contribution in [2.24, 2.45) is 0 Å². The van der Waals surface area contributed by atoms with E-state index >= 15 is 0 Å². The van der Waals surface area contributed by atoms with Crippen molar-refractivity contribution in [3.8, 4) is 5.75 Å². The molecule has 1 aliphatic rings. The Balaban J connectivity index is 1.27. The predicted molar refractivity (Wildman–Crippen MR) is 122 cm³/mol. The molecule has 4 rings (SSSR count). The zero-order chi connectivity index (χ0) is 22.3. The summed E-state index contributed by atoms with van der Waals surface area (Å²) in [5.74, 6) is 0.0286. The lowest BCUT2D eigenvalue weighted by Gasteiger charge is -2.27. The molecule has 0 fully saturated rings. The Bertz CT molecular complexity index is 1050. The van der Waals surface area contributed by atoms with Crippen molar-refractivity contribution in [3.63, 3.8) is 0 Å². The molecule has 0 bridgehead atoms. The molecule has 2 heterocycles. The van der Waals surface area contributed by atoms with Crippen molar-refractivity contribution in [3.05, 3.63) is 94.8 Å². The molecule has 3 aromatic rings. The van der Waals surface area contributed by atoms with Crippen LogP contribution in [0.4, 0.5) is 0 Å². The summed E-state index contributed by atoms with van der Waals surface area (Å²) >= 11 is 0. The molecule has 2 aromatic carbocycles. The third-order valence-electron chi connectivity index (χ3n) is 5.81. The van der Waals surface area contributed by atoms with Crippen LogP contribution >= 0.6 is 0 Å². The fourth-order valence-electron chi connectivity index (χ4n) is 4.02. The van der Waals surface area contributed by atoms with Crippen molar-refractivity contribution >= 4 is 5.97 Å². The van der Waals surface area contributed by atoms with Gasteiger partial charge in [-0.05, 0) is 66.6 Å². The summed E-state index contributed by atoms with van der Waals surface area (Å²) < 4.78 is 6.16. The van der Waals surface area contributed by atoms with Crippen LogP contribution < -0.4 is 10.1 Å².